The van der Waals surface area contributed by atoms with Crippen molar-refractivity contribution >= 4 is 11.9 Å². The fourth-order valence-electron chi connectivity index (χ4n) is 3.20. The number of amides is 1. The molecule has 0 heterocycles. The molecule has 0 atom stereocenters. The van der Waals surface area contributed by atoms with E-state index in [2.05, 4.69) is 53.7 Å². The number of nitrogens with one attached hydrogen (secondary N) is 2. The molecular formula is C24H34N4O. The van der Waals surface area contributed by atoms with Crippen LogP contribution >= 0.6 is 0 Å². The van der Waals surface area contributed by atoms with Crippen LogP contribution in [0.3, 0.4) is 0 Å². The average molecular weight is 395 g/mol. The van der Waals surface area contributed by atoms with Crippen molar-refractivity contribution in [3.8, 4) is 0 Å². The van der Waals surface area contributed by atoms with Gasteiger partial charge in [-0.2, -0.15) is 0 Å². The summed E-state index contributed by atoms with van der Waals surface area (Å²) in [4.78, 5) is 18.0. The fraction of sp³-hybridized carbons (Fsp3) is 0.417. The SMILES string of the molecule is CN=C(NCCc1cccc(C(=O)N(C)C)c1)NCC(C)(C)Cc1ccccc1. The fourth-order valence-corrected chi connectivity index (χ4v) is 3.20. The van der Waals surface area contributed by atoms with Gasteiger partial charge >= 0.3 is 0 Å². The van der Waals surface area contributed by atoms with E-state index in [9.17, 15) is 4.79 Å². The lowest BCUT2D eigenvalue weighted by Gasteiger charge is -2.26. The second kappa shape index (κ2) is 10.6. The molecule has 0 saturated heterocycles. The van der Waals surface area contributed by atoms with Crippen molar-refractivity contribution in [2.24, 2.45) is 10.4 Å². The summed E-state index contributed by atoms with van der Waals surface area (Å²) in [5.74, 6) is 0.824. The summed E-state index contributed by atoms with van der Waals surface area (Å²) >= 11 is 0. The van der Waals surface area contributed by atoms with Gasteiger partial charge < -0.3 is 15.5 Å². The van der Waals surface area contributed by atoms with Crippen molar-refractivity contribution in [3.63, 3.8) is 0 Å². The van der Waals surface area contributed by atoms with Gasteiger partial charge in [-0.25, -0.2) is 0 Å². The Hall–Kier alpha value is -2.82. The molecule has 0 aromatic heterocycles. The maximum absolute atomic E-state index is 12.1. The predicted octanol–water partition coefficient (Wildman–Crippen LogP) is 3.36. The summed E-state index contributed by atoms with van der Waals surface area (Å²) in [6.07, 6.45) is 1.83. The monoisotopic (exact) mass is 394 g/mol. The van der Waals surface area contributed by atoms with Crippen LogP contribution in [0.4, 0.5) is 0 Å². The minimum absolute atomic E-state index is 0.0259. The van der Waals surface area contributed by atoms with Crippen molar-refractivity contribution < 1.29 is 4.79 Å². The molecule has 2 aromatic carbocycles. The van der Waals surface area contributed by atoms with E-state index in [0.29, 0.717) is 0 Å². The van der Waals surface area contributed by atoms with Gasteiger partial charge in [-0.05, 0) is 41.5 Å². The van der Waals surface area contributed by atoms with Crippen LogP contribution in [0.2, 0.25) is 0 Å². The second-order valence-corrected chi connectivity index (χ2v) is 8.33. The Labute approximate surface area is 175 Å². The maximum atomic E-state index is 12.1. The minimum atomic E-state index is 0.0259. The highest BCUT2D eigenvalue weighted by atomic mass is 16.2. The number of benzene rings is 2. The summed E-state index contributed by atoms with van der Waals surface area (Å²) in [6, 6.07) is 18.4. The highest BCUT2D eigenvalue weighted by Gasteiger charge is 2.19. The summed E-state index contributed by atoms with van der Waals surface area (Å²) in [5.41, 5.74) is 3.30. The number of aliphatic imine (C=N–C) groups is 1. The summed E-state index contributed by atoms with van der Waals surface area (Å²) in [6.45, 7) is 6.09. The zero-order chi connectivity index (χ0) is 21.3. The van der Waals surface area contributed by atoms with Crippen LogP contribution in [0.25, 0.3) is 0 Å². The van der Waals surface area contributed by atoms with Gasteiger partial charge in [0.25, 0.3) is 5.91 Å². The van der Waals surface area contributed by atoms with E-state index in [1.165, 1.54) is 5.56 Å². The number of hydrogen-bond acceptors (Lipinski definition) is 2. The smallest absolute Gasteiger partial charge is 0.253 e. The number of carbonyl (C=O) groups excluding carboxylic acids is 1. The molecule has 1 amide bonds. The molecule has 0 aliphatic heterocycles. The first kappa shape index (κ1) is 22.5. The van der Waals surface area contributed by atoms with Crippen molar-refractivity contribution in [1.82, 2.24) is 15.5 Å². The third-order valence-electron chi connectivity index (χ3n) is 4.77. The number of guanidine groups is 1. The van der Waals surface area contributed by atoms with Crippen LogP contribution < -0.4 is 10.6 Å². The molecule has 156 valence electrons. The Morgan fingerprint density at radius 2 is 1.69 bits per heavy atom. The van der Waals surface area contributed by atoms with Crippen molar-refractivity contribution in [1.29, 1.82) is 0 Å². The predicted molar refractivity (Wildman–Crippen MR) is 121 cm³/mol. The van der Waals surface area contributed by atoms with Gasteiger partial charge in [0.05, 0.1) is 0 Å². The molecule has 0 fully saturated rings. The Balaban J connectivity index is 1.82. The van der Waals surface area contributed by atoms with Crippen molar-refractivity contribution in [2.45, 2.75) is 26.7 Å². The molecule has 2 rings (SSSR count). The highest BCUT2D eigenvalue weighted by Crippen LogP contribution is 2.20. The van der Waals surface area contributed by atoms with E-state index in [1.807, 2.05) is 30.3 Å². The van der Waals surface area contributed by atoms with E-state index < -0.39 is 0 Å². The first-order valence-electron chi connectivity index (χ1n) is 10.1. The van der Waals surface area contributed by atoms with Gasteiger partial charge in [0, 0.05) is 39.8 Å². The Kier molecular flexibility index (Phi) is 8.25. The van der Waals surface area contributed by atoms with Gasteiger partial charge in [0.1, 0.15) is 0 Å². The summed E-state index contributed by atoms with van der Waals surface area (Å²) < 4.78 is 0. The standard InChI is InChI=1S/C24H34N4O/c1-24(2,17-20-10-7-6-8-11-20)18-27-23(25-3)26-15-14-19-12-9-13-21(16-19)22(29)28(4)5/h6-13,16H,14-15,17-18H2,1-5H3,(H2,25,26,27). The van der Waals surface area contributed by atoms with Crippen LogP contribution in [0.5, 0.6) is 0 Å². The van der Waals surface area contributed by atoms with E-state index in [-0.39, 0.29) is 11.3 Å². The molecular weight excluding hydrogens is 360 g/mol. The van der Waals surface area contributed by atoms with Crippen molar-refractivity contribution in [2.75, 3.05) is 34.2 Å². The normalized spacial score (nSPS) is 11.8. The Morgan fingerprint density at radius 3 is 2.34 bits per heavy atom. The van der Waals surface area contributed by atoms with Gasteiger partial charge in [-0.1, -0.05) is 56.3 Å². The van der Waals surface area contributed by atoms with Gasteiger partial charge in [0.15, 0.2) is 5.96 Å². The number of rotatable bonds is 8. The third kappa shape index (κ3) is 7.60. The molecule has 0 unspecified atom stereocenters. The van der Waals surface area contributed by atoms with Crippen LogP contribution in [-0.2, 0) is 12.8 Å². The van der Waals surface area contributed by atoms with Crippen molar-refractivity contribution in [3.05, 3.63) is 71.3 Å². The highest BCUT2D eigenvalue weighted by molar-refractivity contribution is 5.94. The van der Waals surface area contributed by atoms with E-state index in [1.54, 1.807) is 26.0 Å². The zero-order valence-corrected chi connectivity index (χ0v) is 18.3. The lowest BCUT2D eigenvalue weighted by Crippen LogP contribution is -2.43. The molecule has 0 aliphatic carbocycles. The van der Waals surface area contributed by atoms with Crippen LogP contribution in [-0.4, -0.2) is 51.0 Å². The van der Waals surface area contributed by atoms with Gasteiger partial charge in [-0.15, -0.1) is 0 Å². The maximum Gasteiger partial charge on any atom is 0.253 e. The molecule has 0 spiro atoms. The second-order valence-electron chi connectivity index (χ2n) is 8.33. The molecule has 0 saturated carbocycles. The molecule has 2 aromatic rings. The topological polar surface area (TPSA) is 56.7 Å². The first-order valence-corrected chi connectivity index (χ1v) is 10.1. The first-order chi connectivity index (χ1) is 13.8. The lowest BCUT2D eigenvalue weighted by molar-refractivity contribution is 0.0827. The zero-order valence-electron chi connectivity index (χ0n) is 18.3. The molecule has 2 N–H and O–H groups in total. The number of carbonyl (C=O) groups is 1. The lowest BCUT2D eigenvalue weighted by atomic mass is 9.86. The molecule has 0 bridgehead atoms. The minimum Gasteiger partial charge on any atom is -0.356 e. The number of hydrogen-bond donors (Lipinski definition) is 2. The van der Waals surface area contributed by atoms with Crippen LogP contribution in [0.1, 0.15) is 35.3 Å². The molecule has 0 radical (unpaired) electrons. The quantitative estimate of drug-likeness (QED) is 0.533. The Morgan fingerprint density at radius 1 is 1.00 bits per heavy atom. The van der Waals surface area contributed by atoms with E-state index >= 15 is 0 Å². The molecule has 29 heavy (non-hydrogen) atoms. The molecule has 5 nitrogen and oxygen atoms in total. The van der Waals surface area contributed by atoms with Gasteiger partial charge in [-0.3, -0.25) is 9.79 Å². The third-order valence-corrected chi connectivity index (χ3v) is 4.77. The van der Waals surface area contributed by atoms with Crippen LogP contribution in [0, 0.1) is 5.41 Å². The summed E-state index contributed by atoms with van der Waals surface area (Å²) in [5, 5.41) is 6.81. The average Bonchev–Trinajstić information content (AvgIpc) is 2.70. The number of nitrogens with zero attached hydrogens (tertiary/aromatic N) is 2. The largest absolute Gasteiger partial charge is 0.356 e. The van der Waals surface area contributed by atoms with E-state index in [4.69, 9.17) is 0 Å². The summed E-state index contributed by atoms with van der Waals surface area (Å²) in [7, 11) is 5.33. The molecule has 0 aliphatic rings. The van der Waals surface area contributed by atoms with Crippen LogP contribution in [0.15, 0.2) is 59.6 Å². The van der Waals surface area contributed by atoms with E-state index in [0.717, 1.165) is 43.0 Å². The molecule has 5 heteroatoms. The van der Waals surface area contributed by atoms with Gasteiger partial charge in [0.2, 0.25) is 0 Å². The Bertz CT molecular complexity index is 813.